The van der Waals surface area contributed by atoms with E-state index in [2.05, 4.69) is 0 Å². The number of alkyl halides is 1. The van der Waals surface area contributed by atoms with E-state index < -0.39 is 0 Å². The Hall–Kier alpha value is -0.470. The van der Waals surface area contributed by atoms with Crippen molar-refractivity contribution in [3.63, 3.8) is 0 Å². The summed E-state index contributed by atoms with van der Waals surface area (Å²) in [6, 6.07) is 9.66. The van der Waals surface area contributed by atoms with Crippen LogP contribution in [0, 0.1) is 0 Å². The van der Waals surface area contributed by atoms with E-state index in [0.29, 0.717) is 11.6 Å². The zero-order valence-electron chi connectivity index (χ0n) is 6.50. The molecule has 1 nitrogen and oxygen atoms in total. The third kappa shape index (κ3) is 3.28. The highest BCUT2D eigenvalue weighted by atomic mass is 35.5. The van der Waals surface area contributed by atoms with E-state index in [-0.39, 0.29) is 5.12 Å². The van der Waals surface area contributed by atoms with E-state index >= 15 is 0 Å². The molecule has 3 heteroatoms. The van der Waals surface area contributed by atoms with E-state index in [1.807, 2.05) is 30.3 Å². The van der Waals surface area contributed by atoms with Crippen LogP contribution >= 0.6 is 23.4 Å². The van der Waals surface area contributed by atoms with Crippen LogP contribution in [0.2, 0.25) is 0 Å². The molecule has 0 saturated heterocycles. The molecule has 12 heavy (non-hydrogen) atoms. The second kappa shape index (κ2) is 5.22. The first-order chi connectivity index (χ1) is 5.83. The normalized spacial score (nSPS) is 9.75. The highest BCUT2D eigenvalue weighted by molar-refractivity contribution is 8.14. The number of carbonyl (C=O) groups excluding carboxylic acids is 1. The third-order valence-corrected chi connectivity index (χ3v) is 2.31. The van der Waals surface area contributed by atoms with Gasteiger partial charge in [-0.1, -0.05) is 42.1 Å². The summed E-state index contributed by atoms with van der Waals surface area (Å²) in [6.45, 7) is 0. The van der Waals surface area contributed by atoms with Crippen LogP contribution in [0.3, 0.4) is 0 Å². The Balaban J connectivity index is 2.47. The second-order valence-corrected chi connectivity index (χ2v) is 3.90. The van der Waals surface area contributed by atoms with E-state index in [1.54, 1.807) is 0 Å². The maximum atomic E-state index is 11.1. The molecule has 64 valence electrons. The van der Waals surface area contributed by atoms with Gasteiger partial charge in [-0.05, 0) is 5.56 Å². The standard InChI is InChI=1S/C9H9ClOS/c10-7-12-9(11)6-8-4-2-1-3-5-8/h1-5H,6-7H2. The molecular formula is C9H9ClOS. The minimum Gasteiger partial charge on any atom is -0.287 e. The van der Waals surface area contributed by atoms with Crippen LogP contribution in [0.4, 0.5) is 0 Å². The van der Waals surface area contributed by atoms with Crippen molar-refractivity contribution in [1.82, 2.24) is 0 Å². The molecule has 0 aliphatic carbocycles. The molecule has 0 heterocycles. The van der Waals surface area contributed by atoms with Crippen LogP contribution in [-0.2, 0) is 11.2 Å². The van der Waals surface area contributed by atoms with Crippen molar-refractivity contribution in [2.45, 2.75) is 6.42 Å². The molecule has 0 saturated carbocycles. The largest absolute Gasteiger partial charge is 0.287 e. The molecular weight excluding hydrogens is 192 g/mol. The number of benzene rings is 1. The molecule has 0 bridgehead atoms. The van der Waals surface area contributed by atoms with Gasteiger partial charge < -0.3 is 0 Å². The summed E-state index contributed by atoms with van der Waals surface area (Å²) < 4.78 is 0. The fraction of sp³-hybridized carbons (Fsp3) is 0.222. The van der Waals surface area contributed by atoms with Crippen molar-refractivity contribution in [2.24, 2.45) is 0 Å². The molecule has 0 aliphatic rings. The third-order valence-electron chi connectivity index (χ3n) is 1.41. The zero-order valence-corrected chi connectivity index (χ0v) is 8.07. The van der Waals surface area contributed by atoms with E-state index in [0.717, 1.165) is 17.3 Å². The van der Waals surface area contributed by atoms with Crippen molar-refractivity contribution in [3.05, 3.63) is 35.9 Å². The molecule has 0 aromatic heterocycles. The SMILES string of the molecule is O=C(Cc1ccccc1)SCCl. The van der Waals surface area contributed by atoms with Crippen LogP contribution in [0.25, 0.3) is 0 Å². The number of thioether (sulfide) groups is 1. The Morgan fingerprint density at radius 1 is 1.33 bits per heavy atom. The summed E-state index contributed by atoms with van der Waals surface area (Å²) in [5.41, 5.74) is 1.04. The monoisotopic (exact) mass is 200 g/mol. The number of carbonyl (C=O) groups is 1. The van der Waals surface area contributed by atoms with Crippen LogP contribution < -0.4 is 0 Å². The van der Waals surface area contributed by atoms with E-state index in [9.17, 15) is 4.79 Å². The molecule has 0 fully saturated rings. The van der Waals surface area contributed by atoms with Gasteiger partial charge in [-0.2, -0.15) is 0 Å². The van der Waals surface area contributed by atoms with Crippen LogP contribution in [0.1, 0.15) is 5.56 Å². The van der Waals surface area contributed by atoms with Gasteiger partial charge in [0.1, 0.15) is 0 Å². The molecule has 0 amide bonds. The summed E-state index contributed by atoms with van der Waals surface area (Å²) in [6.07, 6.45) is 0.470. The van der Waals surface area contributed by atoms with Crippen LogP contribution in [0.15, 0.2) is 30.3 Å². The topological polar surface area (TPSA) is 17.1 Å². The van der Waals surface area contributed by atoms with Gasteiger partial charge in [-0.25, -0.2) is 0 Å². The fourth-order valence-corrected chi connectivity index (χ4v) is 1.63. The van der Waals surface area contributed by atoms with Gasteiger partial charge in [0.15, 0.2) is 5.12 Å². The smallest absolute Gasteiger partial charge is 0.194 e. The number of hydrogen-bond acceptors (Lipinski definition) is 2. The number of halogens is 1. The minimum absolute atomic E-state index is 0.121. The van der Waals surface area contributed by atoms with Crippen molar-refractivity contribution >= 4 is 28.5 Å². The van der Waals surface area contributed by atoms with Crippen molar-refractivity contribution in [1.29, 1.82) is 0 Å². The van der Waals surface area contributed by atoms with Gasteiger partial charge in [-0.15, -0.1) is 11.6 Å². The fourth-order valence-electron chi connectivity index (χ4n) is 0.874. The molecule has 0 N–H and O–H groups in total. The molecule has 1 rings (SSSR count). The first kappa shape index (κ1) is 9.62. The lowest BCUT2D eigenvalue weighted by atomic mass is 10.2. The summed E-state index contributed by atoms with van der Waals surface area (Å²) in [4.78, 5) is 11.1. The summed E-state index contributed by atoms with van der Waals surface area (Å²) in [5, 5.41) is 0.460. The maximum absolute atomic E-state index is 11.1. The summed E-state index contributed by atoms with van der Waals surface area (Å²) in [5.74, 6) is 0. The highest BCUT2D eigenvalue weighted by Gasteiger charge is 2.01. The first-order valence-electron chi connectivity index (χ1n) is 3.58. The average Bonchev–Trinajstić information content (AvgIpc) is 2.06. The lowest BCUT2D eigenvalue weighted by Crippen LogP contribution is -1.96. The van der Waals surface area contributed by atoms with Crippen LogP contribution in [-0.4, -0.2) is 10.3 Å². The predicted molar refractivity (Wildman–Crippen MR) is 53.5 cm³/mol. The van der Waals surface area contributed by atoms with Gasteiger partial charge in [0.25, 0.3) is 0 Å². The Bertz CT molecular complexity index is 248. The Morgan fingerprint density at radius 2 is 2.00 bits per heavy atom. The number of hydrogen-bond donors (Lipinski definition) is 0. The highest BCUT2D eigenvalue weighted by Crippen LogP contribution is 2.09. The minimum atomic E-state index is 0.121. The van der Waals surface area contributed by atoms with E-state index in [4.69, 9.17) is 11.6 Å². The summed E-state index contributed by atoms with van der Waals surface area (Å²) >= 11 is 6.56. The Labute approximate surface area is 81.1 Å². The lowest BCUT2D eigenvalue weighted by molar-refractivity contribution is -0.110. The molecule has 0 radical (unpaired) electrons. The number of rotatable bonds is 3. The van der Waals surface area contributed by atoms with Crippen LogP contribution in [0.5, 0.6) is 0 Å². The Kier molecular flexibility index (Phi) is 4.19. The van der Waals surface area contributed by atoms with Crippen molar-refractivity contribution in [2.75, 3.05) is 5.21 Å². The quantitative estimate of drug-likeness (QED) is 0.698. The van der Waals surface area contributed by atoms with Gasteiger partial charge in [0.05, 0.1) is 5.21 Å². The second-order valence-electron chi connectivity index (χ2n) is 2.29. The van der Waals surface area contributed by atoms with Gasteiger partial charge in [0, 0.05) is 6.42 Å². The van der Waals surface area contributed by atoms with E-state index in [1.165, 1.54) is 0 Å². The molecule has 1 aromatic rings. The molecule has 0 atom stereocenters. The van der Waals surface area contributed by atoms with Crippen molar-refractivity contribution < 1.29 is 4.79 Å². The van der Waals surface area contributed by atoms with Gasteiger partial charge in [-0.3, -0.25) is 4.79 Å². The lowest BCUT2D eigenvalue weighted by Gasteiger charge is -1.97. The summed E-state index contributed by atoms with van der Waals surface area (Å²) in [7, 11) is 0. The molecule has 1 aromatic carbocycles. The maximum Gasteiger partial charge on any atom is 0.194 e. The Morgan fingerprint density at radius 3 is 2.58 bits per heavy atom. The molecule has 0 aliphatic heterocycles. The average molecular weight is 201 g/mol. The zero-order chi connectivity index (χ0) is 8.81. The molecule has 0 spiro atoms. The first-order valence-corrected chi connectivity index (χ1v) is 5.10. The van der Waals surface area contributed by atoms with Crippen molar-refractivity contribution in [3.8, 4) is 0 Å². The van der Waals surface area contributed by atoms with Gasteiger partial charge >= 0.3 is 0 Å². The predicted octanol–water partition coefficient (Wildman–Crippen LogP) is 2.69. The van der Waals surface area contributed by atoms with Gasteiger partial charge in [0.2, 0.25) is 0 Å². The molecule has 0 unspecified atom stereocenters.